The van der Waals surface area contributed by atoms with Crippen LogP contribution >= 0.6 is 47.8 Å². The quantitative estimate of drug-likeness (QED) is 0.228. The lowest BCUT2D eigenvalue weighted by molar-refractivity contribution is -0.171. The Labute approximate surface area is 255 Å². The number of ether oxygens (including phenoxy) is 2. The second kappa shape index (κ2) is 8.86. The first-order valence-corrected chi connectivity index (χ1v) is 15.1. The highest BCUT2D eigenvalue weighted by atomic mass is 79.9. The molecule has 5 nitrogen and oxygen atoms in total. The number of Topliss-reactive ketones (excluding diaryl/α,β-unsaturated/α-hetero) is 2. The Hall–Kier alpha value is -2.78. The topological polar surface area (TPSA) is 72.8 Å². The predicted molar refractivity (Wildman–Crippen MR) is 165 cm³/mol. The second-order valence-corrected chi connectivity index (χ2v) is 13.2. The van der Waals surface area contributed by atoms with Crippen molar-refractivity contribution in [2.45, 2.75) is 31.5 Å². The molecule has 4 aromatic carbocycles. The zero-order valence-electron chi connectivity index (χ0n) is 21.3. The molecule has 0 fully saturated rings. The molecule has 200 valence electrons. The summed E-state index contributed by atoms with van der Waals surface area (Å²) in [6.45, 7) is 2.97. The number of benzene rings is 4. The molecule has 0 bridgehead atoms. The highest BCUT2D eigenvalue weighted by Gasteiger charge is 2.69. The van der Waals surface area contributed by atoms with Gasteiger partial charge in [0, 0.05) is 32.1 Å². The number of hydrogen-bond acceptors (Lipinski definition) is 5. The van der Waals surface area contributed by atoms with Gasteiger partial charge in [-0.3, -0.25) is 9.59 Å². The number of carbonyl (C=O) groups excluding carboxylic acids is 2. The van der Waals surface area contributed by atoms with Crippen LogP contribution < -0.4 is 9.47 Å². The summed E-state index contributed by atoms with van der Waals surface area (Å²) in [7, 11) is 0. The summed E-state index contributed by atoms with van der Waals surface area (Å²) < 4.78 is 15.1. The molecule has 0 unspecified atom stereocenters. The molecule has 7 rings (SSSR count). The molecule has 1 aliphatic carbocycles. The van der Waals surface area contributed by atoms with Crippen LogP contribution in [0.1, 0.15) is 25.0 Å². The van der Waals surface area contributed by atoms with Crippen LogP contribution in [0.4, 0.5) is 0 Å². The number of aliphatic hydroxyl groups is 1. The molecule has 0 saturated heterocycles. The van der Waals surface area contributed by atoms with E-state index in [-0.39, 0.29) is 22.4 Å². The minimum absolute atomic E-state index is 0.0786. The molecule has 0 radical (unpaired) electrons. The SMILES string of the molecule is CC(=O)[C@H](C)[C@]1(O)C(=O)C(Br)=C2Oc3ccc4cc(Br)ccc4c3C=C2[C@@]12Cc1c(ccc3cc(Br)ccc13)O2. The normalized spacial score (nSPS) is 23.9. The standard InChI is InChI=1S/C32H21Br3O5/c1-15(16(2)36)32(38)30(37)28(35)29-25(13-23-21-7-5-19(33)11-17(21)3-9-26(23)39-29)31(32)14-24-22-8-6-20(34)12-18(22)4-10-27(24)40-31/h3-13,15,38H,14H2,1-2H3/t15-,31-,32-/m0/s1. The molecule has 8 heteroatoms. The molecule has 1 spiro atoms. The van der Waals surface area contributed by atoms with Gasteiger partial charge in [0.25, 0.3) is 0 Å². The monoisotopic (exact) mass is 722 g/mol. The lowest BCUT2D eigenvalue weighted by Gasteiger charge is -2.50. The Kier molecular flexibility index (Phi) is 5.79. The van der Waals surface area contributed by atoms with E-state index in [0.717, 1.165) is 41.6 Å². The highest BCUT2D eigenvalue weighted by molar-refractivity contribution is 9.12. The van der Waals surface area contributed by atoms with E-state index >= 15 is 0 Å². The molecule has 3 aliphatic rings. The number of fused-ring (bicyclic) bond motifs is 8. The van der Waals surface area contributed by atoms with Crippen LogP contribution in [0.2, 0.25) is 0 Å². The van der Waals surface area contributed by atoms with E-state index in [0.29, 0.717) is 17.1 Å². The summed E-state index contributed by atoms with van der Waals surface area (Å²) in [4.78, 5) is 27.0. The molecular weight excluding hydrogens is 704 g/mol. The Morgan fingerprint density at radius 2 is 1.55 bits per heavy atom. The summed E-state index contributed by atoms with van der Waals surface area (Å²) in [5, 5.41) is 16.4. The van der Waals surface area contributed by atoms with Crippen molar-refractivity contribution in [1.82, 2.24) is 0 Å². The Bertz CT molecular complexity index is 1910. The van der Waals surface area contributed by atoms with Crippen LogP contribution in [0.3, 0.4) is 0 Å². The Balaban J connectivity index is 1.55. The first-order chi connectivity index (χ1) is 19.0. The van der Waals surface area contributed by atoms with E-state index < -0.39 is 22.9 Å². The summed E-state index contributed by atoms with van der Waals surface area (Å²) in [5.74, 6) is -0.591. The molecule has 4 aromatic rings. The van der Waals surface area contributed by atoms with E-state index in [1.165, 1.54) is 6.92 Å². The van der Waals surface area contributed by atoms with Gasteiger partial charge in [0.2, 0.25) is 5.78 Å². The van der Waals surface area contributed by atoms with Crippen LogP contribution in [0.5, 0.6) is 11.5 Å². The van der Waals surface area contributed by atoms with Crippen molar-refractivity contribution in [3.63, 3.8) is 0 Å². The average molecular weight is 725 g/mol. The molecule has 0 aromatic heterocycles. The number of rotatable bonds is 2. The van der Waals surface area contributed by atoms with Gasteiger partial charge in [-0.2, -0.15) is 0 Å². The van der Waals surface area contributed by atoms with Gasteiger partial charge in [0.05, 0.1) is 5.92 Å². The highest BCUT2D eigenvalue weighted by Crippen LogP contribution is 2.58. The third kappa shape index (κ3) is 3.39. The zero-order chi connectivity index (χ0) is 28.1. The lowest BCUT2D eigenvalue weighted by Crippen LogP contribution is -2.70. The van der Waals surface area contributed by atoms with Crippen molar-refractivity contribution in [2.24, 2.45) is 5.92 Å². The van der Waals surface area contributed by atoms with Gasteiger partial charge in [-0.15, -0.1) is 0 Å². The maximum absolute atomic E-state index is 14.1. The van der Waals surface area contributed by atoms with Gasteiger partial charge < -0.3 is 14.6 Å². The summed E-state index contributed by atoms with van der Waals surface area (Å²) in [6.07, 6.45) is 2.12. The fourth-order valence-corrected chi connectivity index (χ4v) is 7.69. The van der Waals surface area contributed by atoms with Gasteiger partial charge in [0.15, 0.2) is 17.0 Å². The number of ketones is 2. The Morgan fingerprint density at radius 3 is 2.23 bits per heavy atom. The summed E-state index contributed by atoms with van der Waals surface area (Å²) >= 11 is 10.5. The van der Waals surface area contributed by atoms with Crippen molar-refractivity contribution in [3.05, 3.63) is 96.6 Å². The predicted octanol–water partition coefficient (Wildman–Crippen LogP) is 7.81. The number of halogens is 3. The van der Waals surface area contributed by atoms with Crippen LogP contribution in [0, 0.1) is 5.92 Å². The second-order valence-electron chi connectivity index (χ2n) is 10.6. The Morgan fingerprint density at radius 1 is 0.925 bits per heavy atom. The van der Waals surface area contributed by atoms with Crippen molar-refractivity contribution < 1.29 is 24.2 Å². The van der Waals surface area contributed by atoms with Gasteiger partial charge in [-0.25, -0.2) is 0 Å². The van der Waals surface area contributed by atoms with Crippen molar-refractivity contribution in [1.29, 1.82) is 0 Å². The zero-order valence-corrected chi connectivity index (χ0v) is 26.1. The largest absolute Gasteiger partial charge is 0.478 e. The van der Waals surface area contributed by atoms with E-state index in [1.54, 1.807) is 6.92 Å². The van der Waals surface area contributed by atoms with Crippen molar-refractivity contribution in [3.8, 4) is 11.5 Å². The molecular formula is C32H21Br3O5. The van der Waals surface area contributed by atoms with E-state index in [9.17, 15) is 14.7 Å². The van der Waals surface area contributed by atoms with Crippen molar-refractivity contribution in [2.75, 3.05) is 0 Å². The van der Waals surface area contributed by atoms with Gasteiger partial charge >= 0.3 is 0 Å². The third-order valence-corrected chi connectivity index (χ3v) is 10.2. The molecule has 1 N–H and O–H groups in total. The van der Waals surface area contributed by atoms with Gasteiger partial charge in [-0.05, 0) is 86.9 Å². The third-order valence-electron chi connectivity index (χ3n) is 8.52. The number of hydrogen-bond donors (Lipinski definition) is 1. The maximum atomic E-state index is 14.1. The fraction of sp³-hybridized carbons (Fsp3) is 0.188. The minimum Gasteiger partial charge on any atom is -0.478 e. The summed E-state index contributed by atoms with van der Waals surface area (Å²) in [5.41, 5.74) is -1.64. The molecule has 0 amide bonds. The van der Waals surface area contributed by atoms with Crippen molar-refractivity contribution >= 4 is 87.0 Å². The van der Waals surface area contributed by atoms with E-state index in [2.05, 4.69) is 47.8 Å². The van der Waals surface area contributed by atoms with E-state index in [1.807, 2.05) is 66.7 Å². The smallest absolute Gasteiger partial charge is 0.210 e. The molecule has 40 heavy (non-hydrogen) atoms. The number of carbonyl (C=O) groups is 2. The van der Waals surface area contributed by atoms with Crippen LogP contribution in [-0.4, -0.2) is 27.9 Å². The van der Waals surface area contributed by atoms with Crippen LogP contribution in [0.15, 0.2) is 85.4 Å². The molecule has 2 heterocycles. The van der Waals surface area contributed by atoms with Crippen LogP contribution in [-0.2, 0) is 16.0 Å². The molecule has 0 saturated carbocycles. The minimum atomic E-state index is -2.21. The van der Waals surface area contributed by atoms with E-state index in [4.69, 9.17) is 9.47 Å². The first kappa shape index (κ1) is 26.1. The average Bonchev–Trinajstić information content (AvgIpc) is 3.35. The van der Waals surface area contributed by atoms with Gasteiger partial charge in [-0.1, -0.05) is 63.0 Å². The fourth-order valence-electron chi connectivity index (χ4n) is 6.34. The molecule has 2 aliphatic heterocycles. The summed E-state index contributed by atoms with van der Waals surface area (Å²) in [6, 6.07) is 19.6. The maximum Gasteiger partial charge on any atom is 0.210 e. The molecule has 3 atom stereocenters. The lowest BCUT2D eigenvalue weighted by atomic mass is 9.61. The van der Waals surface area contributed by atoms with Gasteiger partial charge in [0.1, 0.15) is 21.8 Å². The van der Waals surface area contributed by atoms with Crippen LogP contribution in [0.25, 0.3) is 27.6 Å². The first-order valence-electron chi connectivity index (χ1n) is 12.8.